The fourth-order valence-electron chi connectivity index (χ4n) is 4.16. The summed E-state index contributed by atoms with van der Waals surface area (Å²) in [7, 11) is 1.77. The van der Waals surface area contributed by atoms with Crippen LogP contribution in [0.2, 0.25) is 0 Å². The molecule has 5 rings (SSSR count). The van der Waals surface area contributed by atoms with E-state index >= 15 is 0 Å². The Morgan fingerprint density at radius 3 is 2.56 bits per heavy atom. The van der Waals surface area contributed by atoms with E-state index in [0.29, 0.717) is 29.3 Å². The lowest BCUT2D eigenvalue weighted by Crippen LogP contribution is -2.21. The van der Waals surface area contributed by atoms with Gasteiger partial charge in [0.2, 0.25) is 5.91 Å². The first-order chi connectivity index (χ1) is 15.4. The molecule has 1 fully saturated rings. The summed E-state index contributed by atoms with van der Waals surface area (Å²) >= 11 is 0. The van der Waals surface area contributed by atoms with Gasteiger partial charge in [-0.1, -0.05) is 12.1 Å². The Bertz CT molecular complexity index is 1230. The van der Waals surface area contributed by atoms with Crippen molar-refractivity contribution in [3.8, 4) is 11.3 Å². The maximum absolute atomic E-state index is 14.3. The average molecular weight is 435 g/mol. The molecule has 2 aliphatic heterocycles. The second-order valence-corrected chi connectivity index (χ2v) is 7.86. The second-order valence-electron chi connectivity index (χ2n) is 7.86. The quantitative estimate of drug-likeness (QED) is 0.656. The van der Waals surface area contributed by atoms with E-state index in [4.69, 9.17) is 0 Å². The number of likely N-dealkylation sites (tertiary alicyclic amines) is 1. The van der Waals surface area contributed by atoms with Crippen LogP contribution < -0.4 is 10.6 Å². The molecule has 162 valence electrons. The van der Waals surface area contributed by atoms with Crippen LogP contribution in [0.3, 0.4) is 0 Å². The summed E-state index contributed by atoms with van der Waals surface area (Å²) < 4.78 is 28.7. The maximum atomic E-state index is 14.3. The number of pyridine rings is 2. The van der Waals surface area contributed by atoms with Crippen molar-refractivity contribution >= 4 is 23.3 Å². The summed E-state index contributed by atoms with van der Waals surface area (Å²) in [4.78, 5) is 35.0. The van der Waals surface area contributed by atoms with Crippen molar-refractivity contribution in [3.05, 3.63) is 71.1 Å². The molecule has 0 bridgehead atoms. The molecular weight excluding hydrogens is 416 g/mol. The number of likely N-dealkylation sites (N-methyl/N-ethyl adjacent to an activating group) is 1. The van der Waals surface area contributed by atoms with Gasteiger partial charge in [-0.05, 0) is 36.2 Å². The first-order valence-corrected chi connectivity index (χ1v) is 10.2. The van der Waals surface area contributed by atoms with E-state index < -0.39 is 11.6 Å². The van der Waals surface area contributed by atoms with E-state index in [0.717, 1.165) is 24.1 Å². The lowest BCUT2D eigenvalue weighted by molar-refractivity contribution is -0.127. The Morgan fingerprint density at radius 2 is 1.91 bits per heavy atom. The van der Waals surface area contributed by atoms with Gasteiger partial charge in [-0.15, -0.1) is 0 Å². The van der Waals surface area contributed by atoms with Crippen molar-refractivity contribution < 1.29 is 18.4 Å². The molecule has 0 spiro atoms. The number of benzene rings is 1. The molecule has 4 heterocycles. The molecule has 1 atom stereocenters. The number of carbonyl (C=O) groups excluding carboxylic acids is 2. The number of halogens is 2. The van der Waals surface area contributed by atoms with Crippen LogP contribution in [-0.2, 0) is 11.3 Å². The van der Waals surface area contributed by atoms with Crippen LogP contribution in [0.15, 0.2) is 42.6 Å². The van der Waals surface area contributed by atoms with Gasteiger partial charge in [0.05, 0.1) is 40.7 Å². The molecule has 9 heteroatoms. The fourth-order valence-corrected chi connectivity index (χ4v) is 4.16. The van der Waals surface area contributed by atoms with Gasteiger partial charge < -0.3 is 15.5 Å². The number of hydrogen-bond acceptors (Lipinski definition) is 5. The van der Waals surface area contributed by atoms with E-state index in [1.165, 1.54) is 12.1 Å². The zero-order valence-electron chi connectivity index (χ0n) is 17.2. The Kier molecular flexibility index (Phi) is 4.80. The molecule has 1 saturated heterocycles. The van der Waals surface area contributed by atoms with Crippen molar-refractivity contribution in [3.63, 3.8) is 0 Å². The highest BCUT2D eigenvalue weighted by Crippen LogP contribution is 2.33. The van der Waals surface area contributed by atoms with Gasteiger partial charge >= 0.3 is 0 Å². The van der Waals surface area contributed by atoms with Crippen molar-refractivity contribution in [1.82, 2.24) is 20.2 Å². The Balaban J connectivity index is 1.50. The highest BCUT2D eigenvalue weighted by Gasteiger charge is 2.31. The number of carbonyl (C=O) groups is 2. The number of fused-ring (bicyclic) bond motifs is 1. The van der Waals surface area contributed by atoms with Gasteiger partial charge in [-0.25, -0.2) is 18.7 Å². The molecule has 3 aromatic rings. The molecule has 0 radical (unpaired) electrons. The van der Waals surface area contributed by atoms with Gasteiger partial charge in [-0.3, -0.25) is 9.59 Å². The minimum Gasteiger partial charge on any atom is -0.346 e. The first-order valence-electron chi connectivity index (χ1n) is 10.2. The van der Waals surface area contributed by atoms with Gasteiger partial charge in [0.25, 0.3) is 5.91 Å². The summed E-state index contributed by atoms with van der Waals surface area (Å²) in [6.45, 7) is 0.869. The summed E-state index contributed by atoms with van der Waals surface area (Å²) in [6.07, 6.45) is 2.36. The summed E-state index contributed by atoms with van der Waals surface area (Å²) in [5, 5.41) is 5.75. The molecule has 2 aromatic heterocycles. The minimum absolute atomic E-state index is 0.0627. The monoisotopic (exact) mass is 435 g/mol. The molecular formula is C23H19F2N5O2. The fraction of sp³-hybridized carbons (Fsp3) is 0.217. The van der Waals surface area contributed by atoms with Gasteiger partial charge in [0.15, 0.2) is 0 Å². The molecule has 7 nitrogen and oxygen atoms in total. The number of rotatable bonds is 4. The van der Waals surface area contributed by atoms with Crippen LogP contribution in [-0.4, -0.2) is 40.3 Å². The summed E-state index contributed by atoms with van der Waals surface area (Å²) in [5.41, 5.74) is 1.69. The SMILES string of the molecule is CN1CC[C@@H](c2ccc(Nc3cc(-c4c(F)cccc4F)nc4c3C(=O)NC4)nc2)C1=O. The zero-order valence-corrected chi connectivity index (χ0v) is 17.2. The molecule has 2 N–H and O–H groups in total. The first kappa shape index (κ1) is 20.0. The molecule has 32 heavy (non-hydrogen) atoms. The number of nitrogens with zero attached hydrogens (tertiary/aromatic N) is 3. The minimum atomic E-state index is -0.741. The molecule has 2 amide bonds. The molecule has 0 unspecified atom stereocenters. The van der Waals surface area contributed by atoms with E-state index in [2.05, 4.69) is 20.6 Å². The third-order valence-electron chi connectivity index (χ3n) is 5.84. The number of hydrogen-bond donors (Lipinski definition) is 2. The normalized spacial score (nSPS) is 17.5. The number of amides is 2. The van der Waals surface area contributed by atoms with Gasteiger partial charge in [0.1, 0.15) is 17.5 Å². The van der Waals surface area contributed by atoms with Crippen molar-refractivity contribution in [1.29, 1.82) is 0 Å². The Labute approximate surface area is 182 Å². The largest absolute Gasteiger partial charge is 0.346 e. The highest BCUT2D eigenvalue weighted by atomic mass is 19.1. The Hall–Kier alpha value is -3.88. The third kappa shape index (κ3) is 3.35. The van der Waals surface area contributed by atoms with Crippen LogP contribution >= 0.6 is 0 Å². The van der Waals surface area contributed by atoms with Crippen LogP contribution in [0.5, 0.6) is 0 Å². The molecule has 2 aliphatic rings. The predicted octanol–water partition coefficient (Wildman–Crippen LogP) is 3.35. The zero-order chi connectivity index (χ0) is 22.4. The van der Waals surface area contributed by atoms with E-state index in [1.54, 1.807) is 24.2 Å². The van der Waals surface area contributed by atoms with Gasteiger partial charge in [0, 0.05) is 19.8 Å². The van der Waals surface area contributed by atoms with Crippen molar-refractivity contribution in [2.75, 3.05) is 18.9 Å². The summed E-state index contributed by atoms with van der Waals surface area (Å²) in [5.74, 6) is -1.53. The highest BCUT2D eigenvalue weighted by molar-refractivity contribution is 6.04. The smallest absolute Gasteiger partial charge is 0.255 e. The van der Waals surface area contributed by atoms with Gasteiger partial charge in [-0.2, -0.15) is 0 Å². The standard InChI is InChI=1S/C23H19F2N5O2/c1-30-8-7-13(23(30)32)12-5-6-19(26-10-12)29-17-9-16(20-14(24)3-2-4-15(20)25)28-18-11-27-22(31)21(17)18/h2-6,9-10,13H,7-8,11H2,1H3,(H,27,31)(H,26,28,29)/t13-/m0/s1. The van der Waals surface area contributed by atoms with E-state index in [-0.39, 0.29) is 35.5 Å². The van der Waals surface area contributed by atoms with Crippen LogP contribution in [0, 0.1) is 11.6 Å². The predicted molar refractivity (Wildman–Crippen MR) is 113 cm³/mol. The molecule has 0 aliphatic carbocycles. The van der Waals surface area contributed by atoms with Crippen molar-refractivity contribution in [2.24, 2.45) is 0 Å². The number of aromatic nitrogens is 2. The lowest BCUT2D eigenvalue weighted by atomic mass is 10.00. The Morgan fingerprint density at radius 1 is 1.12 bits per heavy atom. The van der Waals surface area contributed by atoms with Crippen LogP contribution in [0.4, 0.5) is 20.3 Å². The topological polar surface area (TPSA) is 87.2 Å². The van der Waals surface area contributed by atoms with Crippen LogP contribution in [0.25, 0.3) is 11.3 Å². The average Bonchev–Trinajstić information content (AvgIpc) is 3.31. The van der Waals surface area contributed by atoms with E-state index in [1.807, 2.05) is 6.07 Å². The lowest BCUT2D eigenvalue weighted by Gasteiger charge is -2.14. The molecule has 1 aromatic carbocycles. The van der Waals surface area contributed by atoms with Crippen LogP contribution in [0.1, 0.15) is 34.0 Å². The van der Waals surface area contributed by atoms with Crippen molar-refractivity contribution in [2.45, 2.75) is 18.9 Å². The summed E-state index contributed by atoms with van der Waals surface area (Å²) in [6, 6.07) is 8.57. The number of anilines is 2. The number of nitrogens with one attached hydrogen (secondary N) is 2. The third-order valence-corrected chi connectivity index (χ3v) is 5.84. The maximum Gasteiger partial charge on any atom is 0.255 e. The molecule has 0 saturated carbocycles. The van der Waals surface area contributed by atoms with E-state index in [9.17, 15) is 18.4 Å². The second kappa shape index (κ2) is 7.67.